The summed E-state index contributed by atoms with van der Waals surface area (Å²) in [6.07, 6.45) is 3.23. The molecule has 0 fully saturated rings. The van der Waals surface area contributed by atoms with Gasteiger partial charge >= 0.3 is 0 Å². The normalized spacial score (nSPS) is 15.1. The van der Waals surface area contributed by atoms with Crippen molar-refractivity contribution >= 4 is 17.7 Å². The standard InChI is InChI=1S/C20H21N5O3S/c1-2-25-19(14-7-9-21-10-8-14)23-24-20(25)29-13-18(26)22-11-15-12-27-16-5-3-4-6-17(16)28-15/h3-10,15H,2,11-13H2,1H3,(H,22,26)/t15-/m0/s1. The Balaban J connectivity index is 1.30. The molecule has 1 N–H and O–H groups in total. The fourth-order valence-corrected chi connectivity index (χ4v) is 3.80. The number of rotatable bonds is 7. The summed E-state index contributed by atoms with van der Waals surface area (Å²) in [5.74, 6) is 2.36. The van der Waals surface area contributed by atoms with Crippen molar-refractivity contribution < 1.29 is 14.3 Å². The minimum absolute atomic E-state index is 0.0893. The molecule has 0 aliphatic carbocycles. The number of benzene rings is 1. The van der Waals surface area contributed by atoms with Gasteiger partial charge in [-0.2, -0.15) is 0 Å². The van der Waals surface area contributed by atoms with Crippen molar-refractivity contribution in [3.05, 3.63) is 48.8 Å². The van der Waals surface area contributed by atoms with Crippen molar-refractivity contribution in [1.82, 2.24) is 25.1 Å². The van der Waals surface area contributed by atoms with E-state index in [9.17, 15) is 4.79 Å². The lowest BCUT2D eigenvalue weighted by atomic mass is 10.2. The summed E-state index contributed by atoms with van der Waals surface area (Å²) < 4.78 is 13.5. The molecule has 4 rings (SSSR count). The highest BCUT2D eigenvalue weighted by Gasteiger charge is 2.21. The molecule has 1 aliphatic heterocycles. The van der Waals surface area contributed by atoms with Crippen LogP contribution in [0.3, 0.4) is 0 Å². The van der Waals surface area contributed by atoms with E-state index in [2.05, 4.69) is 20.5 Å². The predicted octanol–water partition coefficient (Wildman–Crippen LogP) is 2.41. The molecule has 0 saturated carbocycles. The summed E-state index contributed by atoms with van der Waals surface area (Å²) >= 11 is 1.36. The van der Waals surface area contributed by atoms with Crippen LogP contribution in [0.4, 0.5) is 0 Å². The Morgan fingerprint density at radius 2 is 2.00 bits per heavy atom. The lowest BCUT2D eigenvalue weighted by Crippen LogP contribution is -2.41. The molecule has 1 amide bonds. The molecule has 0 spiro atoms. The van der Waals surface area contributed by atoms with E-state index in [1.54, 1.807) is 12.4 Å². The molecule has 2 aromatic heterocycles. The second kappa shape index (κ2) is 8.95. The Bertz CT molecular complexity index is 979. The van der Waals surface area contributed by atoms with E-state index in [1.165, 1.54) is 11.8 Å². The van der Waals surface area contributed by atoms with Crippen LogP contribution in [-0.2, 0) is 11.3 Å². The van der Waals surface area contributed by atoms with Gasteiger partial charge in [0.05, 0.1) is 12.3 Å². The zero-order valence-corrected chi connectivity index (χ0v) is 16.8. The third kappa shape index (κ3) is 4.51. The number of hydrogen-bond donors (Lipinski definition) is 1. The van der Waals surface area contributed by atoms with Gasteiger partial charge in [0, 0.05) is 24.5 Å². The lowest BCUT2D eigenvalue weighted by Gasteiger charge is -2.26. The van der Waals surface area contributed by atoms with E-state index in [1.807, 2.05) is 47.9 Å². The van der Waals surface area contributed by atoms with Crippen LogP contribution < -0.4 is 14.8 Å². The van der Waals surface area contributed by atoms with Gasteiger partial charge in [-0.25, -0.2) is 0 Å². The van der Waals surface area contributed by atoms with Crippen LogP contribution in [0.25, 0.3) is 11.4 Å². The Morgan fingerprint density at radius 1 is 1.21 bits per heavy atom. The second-order valence-corrected chi connectivity index (χ2v) is 7.32. The topological polar surface area (TPSA) is 91.2 Å². The number of pyridine rings is 1. The number of carbonyl (C=O) groups excluding carboxylic acids is 1. The number of amides is 1. The zero-order chi connectivity index (χ0) is 20.1. The summed E-state index contributed by atoms with van der Waals surface area (Å²) in [6, 6.07) is 11.3. The summed E-state index contributed by atoms with van der Waals surface area (Å²) in [7, 11) is 0. The zero-order valence-electron chi connectivity index (χ0n) is 15.9. The maximum Gasteiger partial charge on any atom is 0.230 e. The molecular weight excluding hydrogens is 390 g/mol. The SMILES string of the molecule is CCn1c(SCC(=O)NC[C@H]2COc3ccccc3O2)nnc1-c1ccncc1. The van der Waals surface area contributed by atoms with E-state index < -0.39 is 0 Å². The smallest absolute Gasteiger partial charge is 0.230 e. The lowest BCUT2D eigenvalue weighted by molar-refractivity contribution is -0.119. The first-order valence-corrected chi connectivity index (χ1v) is 10.3. The number of fused-ring (bicyclic) bond motifs is 1. The fraction of sp³-hybridized carbons (Fsp3) is 0.300. The summed E-state index contributed by atoms with van der Waals surface area (Å²) in [4.78, 5) is 16.3. The van der Waals surface area contributed by atoms with Gasteiger partial charge in [0.2, 0.25) is 5.91 Å². The van der Waals surface area contributed by atoms with E-state index in [0.29, 0.717) is 30.6 Å². The number of nitrogens with one attached hydrogen (secondary N) is 1. The molecule has 9 heteroatoms. The van der Waals surface area contributed by atoms with E-state index >= 15 is 0 Å². The molecule has 29 heavy (non-hydrogen) atoms. The number of ether oxygens (including phenoxy) is 2. The monoisotopic (exact) mass is 411 g/mol. The molecule has 0 radical (unpaired) electrons. The molecule has 0 bridgehead atoms. The molecule has 150 valence electrons. The number of nitrogens with zero attached hydrogens (tertiary/aromatic N) is 4. The third-order valence-corrected chi connectivity index (χ3v) is 5.37. The highest BCUT2D eigenvalue weighted by atomic mass is 32.2. The van der Waals surface area contributed by atoms with Gasteiger partial charge in [-0.15, -0.1) is 10.2 Å². The minimum atomic E-state index is -0.212. The molecule has 3 aromatic rings. The average molecular weight is 411 g/mol. The molecule has 1 aliphatic rings. The number of aromatic nitrogens is 4. The van der Waals surface area contributed by atoms with Gasteiger partial charge in [0.15, 0.2) is 22.5 Å². The maximum atomic E-state index is 12.3. The van der Waals surface area contributed by atoms with Crippen LogP contribution in [0.15, 0.2) is 53.9 Å². The Labute approximate surface area is 172 Å². The Morgan fingerprint density at radius 3 is 2.79 bits per heavy atom. The molecule has 0 saturated heterocycles. The number of para-hydroxylation sites is 2. The number of hydrogen-bond acceptors (Lipinski definition) is 7. The molecule has 1 atom stereocenters. The number of thioether (sulfide) groups is 1. The highest BCUT2D eigenvalue weighted by Crippen LogP contribution is 2.30. The fourth-order valence-electron chi connectivity index (χ4n) is 2.97. The summed E-state index contributed by atoms with van der Waals surface area (Å²) in [5, 5.41) is 12.1. The van der Waals surface area contributed by atoms with Crippen molar-refractivity contribution in [2.75, 3.05) is 18.9 Å². The van der Waals surface area contributed by atoms with Crippen LogP contribution >= 0.6 is 11.8 Å². The molecule has 1 aromatic carbocycles. The summed E-state index contributed by atoms with van der Waals surface area (Å²) in [6.45, 7) is 3.53. The van der Waals surface area contributed by atoms with Crippen LogP contribution in [0.1, 0.15) is 6.92 Å². The van der Waals surface area contributed by atoms with Gasteiger partial charge in [0.25, 0.3) is 0 Å². The quantitative estimate of drug-likeness (QED) is 0.597. The number of carbonyl (C=O) groups is 1. The van der Waals surface area contributed by atoms with Crippen LogP contribution in [0.2, 0.25) is 0 Å². The molecule has 8 nitrogen and oxygen atoms in total. The Kier molecular flexibility index (Phi) is 5.95. The molecular formula is C20H21N5O3S. The predicted molar refractivity (Wildman–Crippen MR) is 109 cm³/mol. The van der Waals surface area contributed by atoms with Crippen LogP contribution in [0.5, 0.6) is 11.5 Å². The first-order chi connectivity index (χ1) is 14.2. The van der Waals surface area contributed by atoms with E-state index in [0.717, 1.165) is 17.1 Å². The average Bonchev–Trinajstić information content (AvgIpc) is 3.19. The van der Waals surface area contributed by atoms with Gasteiger partial charge in [-0.1, -0.05) is 23.9 Å². The first kappa shape index (κ1) is 19.3. The van der Waals surface area contributed by atoms with Gasteiger partial charge in [-0.05, 0) is 31.2 Å². The highest BCUT2D eigenvalue weighted by molar-refractivity contribution is 7.99. The van der Waals surface area contributed by atoms with Gasteiger partial charge in [0.1, 0.15) is 12.7 Å². The first-order valence-electron chi connectivity index (χ1n) is 9.36. The summed E-state index contributed by atoms with van der Waals surface area (Å²) in [5.41, 5.74) is 0.945. The van der Waals surface area contributed by atoms with E-state index in [4.69, 9.17) is 9.47 Å². The van der Waals surface area contributed by atoms with E-state index in [-0.39, 0.29) is 17.8 Å². The van der Waals surface area contributed by atoms with Crippen molar-refractivity contribution in [3.63, 3.8) is 0 Å². The van der Waals surface area contributed by atoms with Crippen molar-refractivity contribution in [3.8, 4) is 22.9 Å². The Hall–Kier alpha value is -3.07. The van der Waals surface area contributed by atoms with Crippen molar-refractivity contribution in [1.29, 1.82) is 0 Å². The van der Waals surface area contributed by atoms with Gasteiger partial charge in [-0.3, -0.25) is 9.78 Å². The van der Waals surface area contributed by atoms with Crippen molar-refractivity contribution in [2.24, 2.45) is 0 Å². The van der Waals surface area contributed by atoms with Gasteiger partial charge < -0.3 is 19.4 Å². The molecule has 0 unspecified atom stereocenters. The maximum absolute atomic E-state index is 12.3. The van der Waals surface area contributed by atoms with Crippen LogP contribution in [0, 0.1) is 0 Å². The third-order valence-electron chi connectivity index (χ3n) is 4.40. The largest absolute Gasteiger partial charge is 0.486 e. The second-order valence-electron chi connectivity index (χ2n) is 6.38. The van der Waals surface area contributed by atoms with Crippen LogP contribution in [-0.4, -0.2) is 50.7 Å². The van der Waals surface area contributed by atoms with Crippen molar-refractivity contribution in [2.45, 2.75) is 24.7 Å². The molecule has 3 heterocycles. The minimum Gasteiger partial charge on any atom is -0.486 e.